The van der Waals surface area contributed by atoms with E-state index in [4.69, 9.17) is 5.73 Å². The first-order chi connectivity index (χ1) is 5.58. The fraction of sp³-hybridized carbons (Fsp3) is 0.800. The first kappa shape index (κ1) is 9.57. The second-order valence-electron chi connectivity index (χ2n) is 4.01. The Kier molecular flexibility index (Phi) is 3.13. The molecule has 0 radical (unpaired) electrons. The quantitative estimate of drug-likeness (QED) is 0.584. The molecule has 1 heterocycles. The van der Waals surface area contributed by atoms with Crippen LogP contribution in [0.1, 0.15) is 26.7 Å². The average Bonchev–Trinajstić information content (AvgIpc) is 2.36. The van der Waals surface area contributed by atoms with Crippen molar-refractivity contribution in [1.82, 2.24) is 4.90 Å². The summed E-state index contributed by atoms with van der Waals surface area (Å²) in [5.74, 6) is 6.15. The largest absolute Gasteiger partial charge is 0.316 e. The van der Waals surface area contributed by atoms with Crippen molar-refractivity contribution in [2.45, 2.75) is 32.2 Å². The van der Waals surface area contributed by atoms with Crippen molar-refractivity contribution < 1.29 is 0 Å². The van der Waals surface area contributed by atoms with Crippen molar-refractivity contribution >= 4 is 0 Å². The van der Waals surface area contributed by atoms with E-state index >= 15 is 0 Å². The zero-order valence-corrected chi connectivity index (χ0v) is 8.06. The molecule has 0 amide bonds. The summed E-state index contributed by atoms with van der Waals surface area (Å²) in [6, 6.07) is 0. The number of hydrogen-bond acceptors (Lipinski definition) is 2. The molecule has 1 rings (SSSR count). The highest BCUT2D eigenvalue weighted by molar-refractivity contribution is 5.13. The van der Waals surface area contributed by atoms with Crippen LogP contribution >= 0.6 is 0 Å². The SMILES string of the molecule is CC(C)(N)C#CCN1CCCC1. The molecule has 1 saturated heterocycles. The predicted molar refractivity (Wildman–Crippen MR) is 51.7 cm³/mol. The number of hydrogen-bond donors (Lipinski definition) is 1. The van der Waals surface area contributed by atoms with Crippen LogP contribution in [0.15, 0.2) is 0 Å². The third kappa shape index (κ3) is 3.75. The van der Waals surface area contributed by atoms with Gasteiger partial charge in [0.2, 0.25) is 0 Å². The minimum Gasteiger partial charge on any atom is -0.316 e. The molecule has 0 unspecified atom stereocenters. The van der Waals surface area contributed by atoms with Crippen molar-refractivity contribution in [3.63, 3.8) is 0 Å². The number of nitrogens with two attached hydrogens (primary N) is 1. The molecule has 0 aromatic heterocycles. The van der Waals surface area contributed by atoms with Crippen molar-refractivity contribution in [3.8, 4) is 11.8 Å². The Bertz CT molecular complexity index is 186. The van der Waals surface area contributed by atoms with Crippen LogP contribution in [0.2, 0.25) is 0 Å². The van der Waals surface area contributed by atoms with Crippen molar-refractivity contribution in [1.29, 1.82) is 0 Å². The van der Waals surface area contributed by atoms with Crippen molar-refractivity contribution in [2.75, 3.05) is 19.6 Å². The van der Waals surface area contributed by atoms with E-state index in [-0.39, 0.29) is 5.54 Å². The Morgan fingerprint density at radius 3 is 2.42 bits per heavy atom. The molecule has 0 aromatic rings. The van der Waals surface area contributed by atoms with Crippen LogP contribution in [0.5, 0.6) is 0 Å². The number of likely N-dealkylation sites (tertiary alicyclic amines) is 1. The van der Waals surface area contributed by atoms with Crippen LogP contribution in [0, 0.1) is 11.8 Å². The van der Waals surface area contributed by atoms with Gasteiger partial charge in [-0.05, 0) is 39.8 Å². The van der Waals surface area contributed by atoms with Gasteiger partial charge in [-0.25, -0.2) is 0 Å². The van der Waals surface area contributed by atoms with Gasteiger partial charge in [0.1, 0.15) is 0 Å². The normalized spacial score (nSPS) is 18.9. The average molecular weight is 166 g/mol. The summed E-state index contributed by atoms with van der Waals surface area (Å²) in [6.45, 7) is 7.17. The van der Waals surface area contributed by atoms with Gasteiger partial charge >= 0.3 is 0 Å². The molecule has 2 N–H and O–H groups in total. The minimum atomic E-state index is -0.334. The van der Waals surface area contributed by atoms with Crippen LogP contribution < -0.4 is 5.73 Å². The lowest BCUT2D eigenvalue weighted by Gasteiger charge is -2.11. The van der Waals surface area contributed by atoms with Crippen LogP contribution in [-0.4, -0.2) is 30.1 Å². The Hall–Kier alpha value is -0.520. The Balaban J connectivity index is 2.26. The molecule has 0 saturated carbocycles. The summed E-state index contributed by atoms with van der Waals surface area (Å²) in [7, 11) is 0. The van der Waals surface area contributed by atoms with Gasteiger partial charge in [0.15, 0.2) is 0 Å². The van der Waals surface area contributed by atoms with Gasteiger partial charge in [0.05, 0.1) is 12.1 Å². The van der Waals surface area contributed by atoms with Crippen molar-refractivity contribution in [2.24, 2.45) is 5.73 Å². The molecule has 0 aromatic carbocycles. The molecule has 2 nitrogen and oxygen atoms in total. The second kappa shape index (κ2) is 3.93. The van der Waals surface area contributed by atoms with E-state index in [2.05, 4.69) is 16.7 Å². The molecule has 0 aliphatic carbocycles. The molecule has 68 valence electrons. The van der Waals surface area contributed by atoms with E-state index in [1.807, 2.05) is 13.8 Å². The summed E-state index contributed by atoms with van der Waals surface area (Å²) in [4.78, 5) is 2.37. The fourth-order valence-electron chi connectivity index (χ4n) is 1.32. The minimum absolute atomic E-state index is 0.334. The predicted octanol–water partition coefficient (Wildman–Crippen LogP) is 0.823. The van der Waals surface area contributed by atoms with Gasteiger partial charge in [-0.2, -0.15) is 0 Å². The van der Waals surface area contributed by atoms with Gasteiger partial charge in [-0.1, -0.05) is 11.8 Å². The van der Waals surface area contributed by atoms with Crippen LogP contribution in [0.4, 0.5) is 0 Å². The lowest BCUT2D eigenvalue weighted by atomic mass is 10.1. The van der Waals surface area contributed by atoms with Crippen molar-refractivity contribution in [3.05, 3.63) is 0 Å². The highest BCUT2D eigenvalue weighted by Crippen LogP contribution is 2.05. The van der Waals surface area contributed by atoms with Gasteiger partial charge in [-0.3, -0.25) is 4.90 Å². The third-order valence-electron chi connectivity index (χ3n) is 1.91. The monoisotopic (exact) mass is 166 g/mol. The molecule has 2 heteroatoms. The Morgan fingerprint density at radius 1 is 1.33 bits per heavy atom. The van der Waals surface area contributed by atoms with Gasteiger partial charge in [0.25, 0.3) is 0 Å². The van der Waals surface area contributed by atoms with Crippen LogP contribution in [-0.2, 0) is 0 Å². The standard InChI is InChI=1S/C10H18N2/c1-10(2,11)6-5-9-12-7-3-4-8-12/h3-4,7-9,11H2,1-2H3. The molecular formula is C10H18N2. The van der Waals surface area contributed by atoms with E-state index in [9.17, 15) is 0 Å². The highest BCUT2D eigenvalue weighted by Gasteiger charge is 2.09. The zero-order chi connectivity index (χ0) is 9.03. The lowest BCUT2D eigenvalue weighted by Crippen LogP contribution is -2.30. The van der Waals surface area contributed by atoms with E-state index in [1.54, 1.807) is 0 Å². The maximum absolute atomic E-state index is 5.73. The molecule has 0 atom stereocenters. The summed E-state index contributed by atoms with van der Waals surface area (Å²) in [5, 5.41) is 0. The molecular weight excluding hydrogens is 148 g/mol. The van der Waals surface area contributed by atoms with E-state index in [1.165, 1.54) is 25.9 Å². The van der Waals surface area contributed by atoms with E-state index < -0.39 is 0 Å². The lowest BCUT2D eigenvalue weighted by molar-refractivity contribution is 0.383. The topological polar surface area (TPSA) is 29.3 Å². The molecule has 1 fully saturated rings. The maximum atomic E-state index is 5.73. The second-order valence-corrected chi connectivity index (χ2v) is 4.01. The first-order valence-corrected chi connectivity index (χ1v) is 4.59. The fourth-order valence-corrected chi connectivity index (χ4v) is 1.32. The molecule has 12 heavy (non-hydrogen) atoms. The number of nitrogens with zero attached hydrogens (tertiary/aromatic N) is 1. The summed E-state index contributed by atoms with van der Waals surface area (Å²) in [6.07, 6.45) is 2.65. The number of rotatable bonds is 1. The molecule has 0 spiro atoms. The summed E-state index contributed by atoms with van der Waals surface area (Å²) in [5.41, 5.74) is 5.39. The third-order valence-corrected chi connectivity index (χ3v) is 1.91. The summed E-state index contributed by atoms with van der Waals surface area (Å²) >= 11 is 0. The Morgan fingerprint density at radius 2 is 1.92 bits per heavy atom. The van der Waals surface area contributed by atoms with Crippen LogP contribution in [0.3, 0.4) is 0 Å². The highest BCUT2D eigenvalue weighted by atomic mass is 15.1. The van der Waals surface area contributed by atoms with Gasteiger partial charge < -0.3 is 5.73 Å². The smallest absolute Gasteiger partial charge is 0.0719 e. The molecule has 1 aliphatic heterocycles. The first-order valence-electron chi connectivity index (χ1n) is 4.59. The Labute approximate surface area is 75.1 Å². The summed E-state index contributed by atoms with van der Waals surface area (Å²) < 4.78 is 0. The van der Waals surface area contributed by atoms with E-state index in [0.717, 1.165) is 6.54 Å². The van der Waals surface area contributed by atoms with Crippen LogP contribution in [0.25, 0.3) is 0 Å². The molecule has 1 aliphatic rings. The van der Waals surface area contributed by atoms with Gasteiger partial charge in [-0.15, -0.1) is 0 Å². The maximum Gasteiger partial charge on any atom is 0.0719 e. The van der Waals surface area contributed by atoms with Gasteiger partial charge in [0, 0.05) is 0 Å². The molecule has 0 bridgehead atoms. The van der Waals surface area contributed by atoms with E-state index in [0.29, 0.717) is 0 Å². The zero-order valence-electron chi connectivity index (χ0n) is 8.06.